The van der Waals surface area contributed by atoms with E-state index in [0.717, 1.165) is 6.42 Å². The standard InChI is InChI=1S/C14H23N3O4/c1-10-15-11(16-21-10)8-19-14(5)6-7-17(9-14)12(18)20-13(2,3)4/h6-9H2,1-5H3. The average molecular weight is 297 g/mol. The lowest BCUT2D eigenvalue weighted by molar-refractivity contribution is -0.0405. The van der Waals surface area contributed by atoms with Crippen LogP contribution in [0.5, 0.6) is 0 Å². The summed E-state index contributed by atoms with van der Waals surface area (Å²) in [5.74, 6) is 1.03. The van der Waals surface area contributed by atoms with Gasteiger partial charge in [0.1, 0.15) is 12.2 Å². The van der Waals surface area contributed by atoms with E-state index < -0.39 is 11.2 Å². The van der Waals surface area contributed by atoms with Crippen LogP contribution in [0.3, 0.4) is 0 Å². The van der Waals surface area contributed by atoms with E-state index >= 15 is 0 Å². The maximum atomic E-state index is 12.0. The lowest BCUT2D eigenvalue weighted by Gasteiger charge is -2.27. The molecule has 7 nitrogen and oxygen atoms in total. The number of nitrogens with zero attached hydrogens (tertiary/aromatic N) is 3. The summed E-state index contributed by atoms with van der Waals surface area (Å²) in [6, 6.07) is 0. The van der Waals surface area contributed by atoms with Gasteiger partial charge in [0.25, 0.3) is 0 Å². The molecule has 2 rings (SSSR count). The van der Waals surface area contributed by atoms with E-state index in [-0.39, 0.29) is 12.7 Å². The molecule has 21 heavy (non-hydrogen) atoms. The lowest BCUT2D eigenvalue weighted by atomic mass is 10.1. The molecule has 7 heteroatoms. The van der Waals surface area contributed by atoms with E-state index in [9.17, 15) is 4.79 Å². The van der Waals surface area contributed by atoms with Gasteiger partial charge in [0, 0.05) is 13.5 Å². The van der Waals surface area contributed by atoms with Crippen molar-refractivity contribution in [3.63, 3.8) is 0 Å². The zero-order chi connectivity index (χ0) is 15.7. The predicted octanol–water partition coefficient (Wildman–Crippen LogP) is 2.29. The van der Waals surface area contributed by atoms with E-state index in [1.807, 2.05) is 27.7 Å². The van der Waals surface area contributed by atoms with Crippen LogP contribution in [0.2, 0.25) is 0 Å². The number of ether oxygens (including phenoxy) is 2. The average Bonchev–Trinajstić information content (AvgIpc) is 2.92. The molecule has 118 valence electrons. The summed E-state index contributed by atoms with van der Waals surface area (Å²) < 4.78 is 16.1. The smallest absolute Gasteiger partial charge is 0.410 e. The van der Waals surface area contributed by atoms with Gasteiger partial charge < -0.3 is 18.9 Å². The molecule has 0 aliphatic carbocycles. The third-order valence-electron chi connectivity index (χ3n) is 3.21. The summed E-state index contributed by atoms with van der Waals surface area (Å²) in [6.07, 6.45) is 0.452. The van der Waals surface area contributed by atoms with Crippen molar-refractivity contribution in [1.82, 2.24) is 15.0 Å². The summed E-state index contributed by atoms with van der Waals surface area (Å²) >= 11 is 0. The molecule has 0 radical (unpaired) electrons. The Morgan fingerprint density at radius 3 is 2.76 bits per heavy atom. The van der Waals surface area contributed by atoms with E-state index in [2.05, 4.69) is 10.1 Å². The van der Waals surface area contributed by atoms with Gasteiger partial charge in [0.2, 0.25) is 5.89 Å². The minimum Gasteiger partial charge on any atom is -0.444 e. The topological polar surface area (TPSA) is 77.7 Å². The largest absolute Gasteiger partial charge is 0.444 e. The highest BCUT2D eigenvalue weighted by molar-refractivity contribution is 5.68. The molecule has 0 spiro atoms. The van der Waals surface area contributed by atoms with Crippen molar-refractivity contribution in [2.24, 2.45) is 0 Å². The third-order valence-corrected chi connectivity index (χ3v) is 3.21. The molecule has 1 atom stereocenters. The fraction of sp³-hybridized carbons (Fsp3) is 0.786. The molecule has 0 saturated carbocycles. The summed E-state index contributed by atoms with van der Waals surface area (Å²) in [5.41, 5.74) is -0.898. The second kappa shape index (κ2) is 5.63. The Hall–Kier alpha value is -1.63. The zero-order valence-corrected chi connectivity index (χ0v) is 13.3. The van der Waals surface area contributed by atoms with Gasteiger partial charge in [0.15, 0.2) is 5.82 Å². The van der Waals surface area contributed by atoms with E-state index in [0.29, 0.717) is 24.8 Å². The molecule has 1 saturated heterocycles. The predicted molar refractivity (Wildman–Crippen MR) is 74.7 cm³/mol. The van der Waals surface area contributed by atoms with Gasteiger partial charge >= 0.3 is 6.09 Å². The molecule has 1 aromatic heterocycles. The van der Waals surface area contributed by atoms with Crippen LogP contribution < -0.4 is 0 Å². The van der Waals surface area contributed by atoms with Gasteiger partial charge in [-0.2, -0.15) is 4.98 Å². The first-order chi connectivity index (χ1) is 9.67. The number of likely N-dealkylation sites (tertiary alicyclic amines) is 1. The number of hydrogen-bond acceptors (Lipinski definition) is 6. The van der Waals surface area contributed by atoms with Crippen molar-refractivity contribution in [3.05, 3.63) is 11.7 Å². The van der Waals surface area contributed by atoms with Crippen molar-refractivity contribution in [2.75, 3.05) is 13.1 Å². The summed E-state index contributed by atoms with van der Waals surface area (Å²) in [4.78, 5) is 17.8. The summed E-state index contributed by atoms with van der Waals surface area (Å²) in [7, 11) is 0. The van der Waals surface area contributed by atoms with Crippen LogP contribution in [0.4, 0.5) is 4.79 Å². The van der Waals surface area contributed by atoms with Gasteiger partial charge in [-0.15, -0.1) is 0 Å². The summed E-state index contributed by atoms with van der Waals surface area (Å²) in [5, 5.41) is 3.79. The van der Waals surface area contributed by atoms with Crippen LogP contribution in [0.15, 0.2) is 4.52 Å². The molecular weight excluding hydrogens is 274 g/mol. The molecule has 0 N–H and O–H groups in total. The number of amides is 1. The van der Waals surface area contributed by atoms with Crippen molar-refractivity contribution in [3.8, 4) is 0 Å². The summed E-state index contributed by atoms with van der Waals surface area (Å²) in [6.45, 7) is 10.7. The number of carbonyl (C=O) groups excluding carboxylic acids is 1. The van der Waals surface area contributed by atoms with Crippen LogP contribution in [0.1, 0.15) is 45.8 Å². The Morgan fingerprint density at radius 2 is 2.19 bits per heavy atom. The Kier molecular flexibility index (Phi) is 4.22. The number of hydrogen-bond donors (Lipinski definition) is 0. The molecule has 1 unspecified atom stereocenters. The van der Waals surface area contributed by atoms with Crippen molar-refractivity contribution in [2.45, 2.75) is 58.8 Å². The van der Waals surface area contributed by atoms with Gasteiger partial charge in [-0.1, -0.05) is 5.16 Å². The molecule has 1 aliphatic rings. The van der Waals surface area contributed by atoms with Crippen LogP contribution in [-0.2, 0) is 16.1 Å². The third kappa shape index (κ3) is 4.42. The fourth-order valence-corrected chi connectivity index (χ4v) is 2.17. The quantitative estimate of drug-likeness (QED) is 0.852. The number of rotatable bonds is 3. The minimum absolute atomic E-state index is 0.274. The molecule has 1 fully saturated rings. The Bertz CT molecular complexity index is 509. The van der Waals surface area contributed by atoms with Gasteiger partial charge in [-0.25, -0.2) is 4.79 Å². The van der Waals surface area contributed by atoms with E-state index in [4.69, 9.17) is 14.0 Å². The van der Waals surface area contributed by atoms with Crippen LogP contribution in [0.25, 0.3) is 0 Å². The van der Waals surface area contributed by atoms with E-state index in [1.165, 1.54) is 0 Å². The van der Waals surface area contributed by atoms with Gasteiger partial charge in [0.05, 0.1) is 12.1 Å². The first kappa shape index (κ1) is 15.8. The number of aryl methyl sites for hydroxylation is 1. The molecule has 1 aliphatic heterocycles. The fourth-order valence-electron chi connectivity index (χ4n) is 2.17. The number of carbonyl (C=O) groups is 1. The monoisotopic (exact) mass is 297 g/mol. The molecule has 0 aromatic carbocycles. The maximum Gasteiger partial charge on any atom is 0.410 e. The van der Waals surface area contributed by atoms with Gasteiger partial charge in [-0.05, 0) is 34.1 Å². The highest BCUT2D eigenvalue weighted by atomic mass is 16.6. The normalized spacial score (nSPS) is 22.6. The highest BCUT2D eigenvalue weighted by Gasteiger charge is 2.38. The zero-order valence-electron chi connectivity index (χ0n) is 13.3. The Balaban J connectivity index is 1.86. The molecule has 1 amide bonds. The van der Waals surface area contributed by atoms with Crippen molar-refractivity contribution >= 4 is 6.09 Å². The first-order valence-electron chi connectivity index (χ1n) is 7.08. The number of aromatic nitrogens is 2. The molecular formula is C14H23N3O4. The Labute approximate surface area is 124 Å². The SMILES string of the molecule is Cc1nc(COC2(C)CCN(C(=O)OC(C)(C)C)C2)no1. The molecule has 0 bridgehead atoms. The minimum atomic E-state index is -0.487. The van der Waals surface area contributed by atoms with Crippen LogP contribution >= 0.6 is 0 Å². The van der Waals surface area contributed by atoms with Crippen molar-refractivity contribution < 1.29 is 18.8 Å². The van der Waals surface area contributed by atoms with Crippen molar-refractivity contribution in [1.29, 1.82) is 0 Å². The first-order valence-corrected chi connectivity index (χ1v) is 7.08. The van der Waals surface area contributed by atoms with Crippen LogP contribution in [0, 0.1) is 6.92 Å². The second-order valence-electron chi connectivity index (χ2n) is 6.62. The highest BCUT2D eigenvalue weighted by Crippen LogP contribution is 2.27. The second-order valence-corrected chi connectivity index (χ2v) is 6.62. The van der Waals surface area contributed by atoms with Crippen LogP contribution in [-0.4, -0.2) is 45.4 Å². The molecule has 1 aromatic rings. The lowest BCUT2D eigenvalue weighted by Crippen LogP contribution is -2.39. The van der Waals surface area contributed by atoms with Gasteiger partial charge in [-0.3, -0.25) is 0 Å². The maximum absolute atomic E-state index is 12.0. The molecule has 2 heterocycles. The Morgan fingerprint density at radius 1 is 1.48 bits per heavy atom. The van der Waals surface area contributed by atoms with E-state index in [1.54, 1.807) is 11.8 Å².